The molecule has 1 unspecified atom stereocenters. The van der Waals surface area contributed by atoms with Crippen LogP contribution in [0, 0.1) is 5.92 Å². The topological polar surface area (TPSA) is 17.1 Å². The van der Waals surface area contributed by atoms with Gasteiger partial charge in [-0.3, -0.25) is 4.79 Å². The number of hydrogen-bond donors (Lipinski definition) is 0. The van der Waals surface area contributed by atoms with Crippen molar-refractivity contribution in [1.82, 2.24) is 0 Å². The number of rotatable bonds is 5. The first-order chi connectivity index (χ1) is 6.26. The van der Waals surface area contributed by atoms with Gasteiger partial charge in [-0.2, -0.15) is 0 Å². The fraction of sp³-hybridized carbons (Fsp3) is 0.500. The summed E-state index contributed by atoms with van der Waals surface area (Å²) in [6, 6.07) is 3.91. The van der Waals surface area contributed by atoms with Crippen LogP contribution < -0.4 is 0 Å². The molecule has 0 aliphatic heterocycles. The second kappa shape index (κ2) is 5.45. The number of aldehydes is 1. The largest absolute Gasteiger partial charge is 0.297 e. The van der Waals surface area contributed by atoms with Gasteiger partial charge in [0, 0.05) is 5.75 Å². The van der Waals surface area contributed by atoms with Crippen molar-refractivity contribution in [3.63, 3.8) is 0 Å². The molecule has 72 valence electrons. The van der Waals surface area contributed by atoms with Gasteiger partial charge >= 0.3 is 0 Å². The highest BCUT2D eigenvalue weighted by Gasteiger charge is 2.02. The first-order valence-electron chi connectivity index (χ1n) is 4.44. The molecule has 0 fully saturated rings. The maximum atomic E-state index is 10.4. The molecule has 0 bridgehead atoms. The summed E-state index contributed by atoms with van der Waals surface area (Å²) in [4.78, 5) is 11.2. The monoisotopic (exact) mass is 214 g/mol. The summed E-state index contributed by atoms with van der Waals surface area (Å²) < 4.78 is 1.25. The number of carbonyl (C=O) groups is 1. The molecular formula is C10H14OS2. The van der Waals surface area contributed by atoms with E-state index in [4.69, 9.17) is 0 Å². The zero-order chi connectivity index (χ0) is 9.68. The average molecular weight is 214 g/mol. The van der Waals surface area contributed by atoms with E-state index in [9.17, 15) is 4.79 Å². The van der Waals surface area contributed by atoms with Crippen LogP contribution in [0.1, 0.15) is 29.9 Å². The zero-order valence-electron chi connectivity index (χ0n) is 7.95. The molecule has 0 aromatic carbocycles. The summed E-state index contributed by atoms with van der Waals surface area (Å²) in [5, 5.41) is 0. The highest BCUT2D eigenvalue weighted by atomic mass is 32.2. The average Bonchev–Trinajstić information content (AvgIpc) is 2.61. The van der Waals surface area contributed by atoms with Crippen LogP contribution in [0.2, 0.25) is 0 Å². The molecule has 0 N–H and O–H groups in total. The summed E-state index contributed by atoms with van der Waals surface area (Å²) in [5.41, 5.74) is 0. The van der Waals surface area contributed by atoms with Crippen molar-refractivity contribution in [1.29, 1.82) is 0 Å². The van der Waals surface area contributed by atoms with Crippen LogP contribution in [0.3, 0.4) is 0 Å². The van der Waals surface area contributed by atoms with Gasteiger partial charge in [0.1, 0.15) is 0 Å². The highest BCUT2D eigenvalue weighted by molar-refractivity contribution is 8.01. The SMILES string of the molecule is CCC(C)CSc1ccc(C=O)s1. The molecule has 0 aliphatic carbocycles. The molecular weight excluding hydrogens is 200 g/mol. The van der Waals surface area contributed by atoms with E-state index >= 15 is 0 Å². The van der Waals surface area contributed by atoms with E-state index in [0.717, 1.165) is 22.8 Å². The Morgan fingerprint density at radius 3 is 2.92 bits per heavy atom. The lowest BCUT2D eigenvalue weighted by Crippen LogP contribution is -1.93. The Morgan fingerprint density at radius 2 is 2.38 bits per heavy atom. The van der Waals surface area contributed by atoms with Gasteiger partial charge in [0.25, 0.3) is 0 Å². The van der Waals surface area contributed by atoms with E-state index in [1.807, 2.05) is 23.9 Å². The minimum Gasteiger partial charge on any atom is -0.297 e. The van der Waals surface area contributed by atoms with Crippen LogP contribution in [0.25, 0.3) is 0 Å². The molecule has 1 aromatic rings. The second-order valence-electron chi connectivity index (χ2n) is 3.10. The maximum absolute atomic E-state index is 10.4. The van der Waals surface area contributed by atoms with Gasteiger partial charge < -0.3 is 0 Å². The van der Waals surface area contributed by atoms with Crippen LogP contribution in [0.4, 0.5) is 0 Å². The Hall–Kier alpha value is -0.280. The molecule has 3 heteroatoms. The summed E-state index contributed by atoms with van der Waals surface area (Å²) >= 11 is 3.43. The standard InChI is InChI=1S/C10H14OS2/c1-3-8(2)7-12-10-5-4-9(6-11)13-10/h4-6,8H,3,7H2,1-2H3. The third kappa shape index (κ3) is 3.53. The molecule has 13 heavy (non-hydrogen) atoms. The van der Waals surface area contributed by atoms with Gasteiger partial charge in [-0.15, -0.1) is 23.1 Å². The Bertz CT molecular complexity index is 268. The van der Waals surface area contributed by atoms with Gasteiger partial charge in [-0.25, -0.2) is 0 Å². The van der Waals surface area contributed by atoms with Gasteiger partial charge in [0.05, 0.1) is 9.09 Å². The highest BCUT2D eigenvalue weighted by Crippen LogP contribution is 2.28. The van der Waals surface area contributed by atoms with Gasteiger partial charge in [0.15, 0.2) is 6.29 Å². The van der Waals surface area contributed by atoms with E-state index in [1.54, 1.807) is 11.3 Å². The smallest absolute Gasteiger partial charge is 0.160 e. The van der Waals surface area contributed by atoms with Gasteiger partial charge in [-0.05, 0) is 18.1 Å². The molecule has 0 spiro atoms. The minimum absolute atomic E-state index is 0.756. The number of thioether (sulfide) groups is 1. The Labute approximate surface area is 87.5 Å². The first-order valence-corrected chi connectivity index (χ1v) is 6.24. The number of hydrogen-bond acceptors (Lipinski definition) is 3. The molecule has 1 heterocycles. The Morgan fingerprint density at radius 1 is 1.62 bits per heavy atom. The van der Waals surface area contributed by atoms with Gasteiger partial charge in [0.2, 0.25) is 0 Å². The van der Waals surface area contributed by atoms with Gasteiger partial charge in [-0.1, -0.05) is 20.3 Å². The zero-order valence-corrected chi connectivity index (χ0v) is 9.58. The van der Waals surface area contributed by atoms with Crippen LogP contribution in [0.5, 0.6) is 0 Å². The normalized spacial score (nSPS) is 12.8. The predicted molar refractivity (Wildman–Crippen MR) is 59.9 cm³/mol. The summed E-state index contributed by atoms with van der Waals surface area (Å²) in [6.45, 7) is 4.46. The molecule has 0 saturated carbocycles. The van der Waals surface area contributed by atoms with Crippen LogP contribution in [-0.2, 0) is 0 Å². The molecule has 1 atom stereocenters. The van der Waals surface area contributed by atoms with E-state index in [-0.39, 0.29) is 0 Å². The number of carbonyl (C=O) groups excluding carboxylic acids is 1. The van der Waals surface area contributed by atoms with Crippen molar-refractivity contribution in [2.45, 2.75) is 24.5 Å². The lowest BCUT2D eigenvalue weighted by Gasteiger charge is -2.05. The van der Waals surface area contributed by atoms with E-state index in [0.29, 0.717) is 0 Å². The lowest BCUT2D eigenvalue weighted by atomic mass is 10.2. The molecule has 1 rings (SSSR count). The quantitative estimate of drug-likeness (QED) is 0.549. The van der Waals surface area contributed by atoms with Crippen molar-refractivity contribution in [2.75, 3.05) is 5.75 Å². The number of thiophene rings is 1. The summed E-state index contributed by atoms with van der Waals surface area (Å²) in [6.07, 6.45) is 2.14. The fourth-order valence-electron chi connectivity index (χ4n) is 0.818. The molecule has 0 aliphatic rings. The molecule has 0 amide bonds. The van der Waals surface area contributed by atoms with Crippen molar-refractivity contribution in [2.24, 2.45) is 5.92 Å². The van der Waals surface area contributed by atoms with Crippen molar-refractivity contribution >= 4 is 29.4 Å². The second-order valence-corrected chi connectivity index (χ2v) is 5.53. The summed E-state index contributed by atoms with van der Waals surface area (Å²) in [7, 11) is 0. The third-order valence-corrected chi connectivity index (χ3v) is 4.49. The molecule has 0 saturated heterocycles. The third-order valence-electron chi connectivity index (χ3n) is 1.93. The van der Waals surface area contributed by atoms with Crippen LogP contribution >= 0.6 is 23.1 Å². The Kier molecular flexibility index (Phi) is 4.53. The molecule has 1 nitrogen and oxygen atoms in total. The van der Waals surface area contributed by atoms with Crippen LogP contribution in [0.15, 0.2) is 16.3 Å². The van der Waals surface area contributed by atoms with Crippen molar-refractivity contribution in [3.05, 3.63) is 17.0 Å². The van der Waals surface area contributed by atoms with Crippen molar-refractivity contribution < 1.29 is 4.79 Å². The Balaban J connectivity index is 2.40. The minimum atomic E-state index is 0.756. The fourth-order valence-corrected chi connectivity index (χ4v) is 2.95. The van der Waals surface area contributed by atoms with Crippen molar-refractivity contribution in [3.8, 4) is 0 Å². The molecule has 1 aromatic heterocycles. The maximum Gasteiger partial charge on any atom is 0.160 e. The van der Waals surface area contributed by atoms with E-state index < -0.39 is 0 Å². The van der Waals surface area contributed by atoms with E-state index in [2.05, 4.69) is 13.8 Å². The molecule has 0 radical (unpaired) electrons. The lowest BCUT2D eigenvalue weighted by molar-refractivity contribution is 0.112. The first kappa shape index (κ1) is 10.8. The van der Waals surface area contributed by atoms with Crippen LogP contribution in [-0.4, -0.2) is 12.0 Å². The predicted octanol–water partition coefficient (Wildman–Crippen LogP) is 3.70. The van der Waals surface area contributed by atoms with E-state index in [1.165, 1.54) is 10.6 Å². The summed E-state index contributed by atoms with van der Waals surface area (Å²) in [5.74, 6) is 1.90.